The zero-order valence-corrected chi connectivity index (χ0v) is 13.6. The van der Waals surface area contributed by atoms with E-state index in [0.717, 1.165) is 11.6 Å². The van der Waals surface area contributed by atoms with Crippen LogP contribution in [-0.4, -0.2) is 47.9 Å². The van der Waals surface area contributed by atoms with Crippen LogP contribution in [0.1, 0.15) is 24.9 Å². The summed E-state index contributed by atoms with van der Waals surface area (Å²) >= 11 is 3.86. The average Bonchev–Trinajstić information content (AvgIpc) is 3.11. The summed E-state index contributed by atoms with van der Waals surface area (Å²) < 4.78 is 7.00. The molecule has 21 heavy (non-hydrogen) atoms. The summed E-state index contributed by atoms with van der Waals surface area (Å²) in [4.78, 5) is 4.48. The van der Waals surface area contributed by atoms with E-state index in [9.17, 15) is 0 Å². The first-order valence-electron chi connectivity index (χ1n) is 6.88. The molecule has 0 aromatic carbocycles. The highest BCUT2D eigenvalue weighted by molar-refractivity contribution is 8.07. The van der Waals surface area contributed by atoms with Gasteiger partial charge in [-0.1, -0.05) is 24.2 Å². The third-order valence-electron chi connectivity index (χ3n) is 3.40. The van der Waals surface area contributed by atoms with Gasteiger partial charge in [0.25, 0.3) is 5.89 Å². The molecule has 0 radical (unpaired) electrons. The van der Waals surface area contributed by atoms with E-state index in [-0.39, 0.29) is 5.25 Å². The van der Waals surface area contributed by atoms with E-state index in [0.29, 0.717) is 35.2 Å². The van der Waals surface area contributed by atoms with Crippen molar-refractivity contribution in [2.45, 2.75) is 36.1 Å². The lowest BCUT2D eigenvalue weighted by Crippen LogP contribution is -2.22. The molecule has 0 amide bonds. The average molecular weight is 326 g/mol. The molecular formula is C12H18N6OS2. The number of hydrogen-bond acceptors (Lipinski definition) is 8. The first-order valence-corrected chi connectivity index (χ1v) is 8.87. The van der Waals surface area contributed by atoms with Gasteiger partial charge in [0.15, 0.2) is 11.5 Å². The molecule has 114 valence electrons. The Labute approximate surface area is 131 Å². The number of nitrogens with two attached hydrogens (primary N) is 1. The fraction of sp³-hybridized carbons (Fsp3) is 0.667. The molecule has 1 saturated heterocycles. The maximum atomic E-state index is 5.49. The summed E-state index contributed by atoms with van der Waals surface area (Å²) in [5.74, 6) is 2.18. The molecule has 0 aliphatic carbocycles. The van der Waals surface area contributed by atoms with Crippen LogP contribution in [0.15, 0.2) is 10.7 Å². The SMILES string of the molecule is CC1SCC(c2noc(-c3cn(CCN)nn3)n2)SC1C. The minimum Gasteiger partial charge on any atom is -0.332 e. The zero-order valence-electron chi connectivity index (χ0n) is 12.0. The summed E-state index contributed by atoms with van der Waals surface area (Å²) in [5, 5.41) is 13.6. The second-order valence-electron chi connectivity index (χ2n) is 4.98. The second-order valence-corrected chi connectivity index (χ2v) is 7.98. The van der Waals surface area contributed by atoms with Gasteiger partial charge in [-0.3, -0.25) is 4.68 Å². The van der Waals surface area contributed by atoms with Crippen molar-refractivity contribution in [1.29, 1.82) is 0 Å². The number of nitrogens with zero attached hydrogens (tertiary/aromatic N) is 5. The lowest BCUT2D eigenvalue weighted by atomic mass is 10.3. The fourth-order valence-corrected chi connectivity index (χ4v) is 4.86. The monoisotopic (exact) mass is 326 g/mol. The summed E-state index contributed by atoms with van der Waals surface area (Å²) in [6.45, 7) is 5.65. The molecule has 3 unspecified atom stereocenters. The van der Waals surface area contributed by atoms with E-state index >= 15 is 0 Å². The van der Waals surface area contributed by atoms with Crippen molar-refractivity contribution < 1.29 is 4.52 Å². The van der Waals surface area contributed by atoms with Crippen LogP contribution in [0.4, 0.5) is 0 Å². The minimum absolute atomic E-state index is 0.276. The van der Waals surface area contributed by atoms with Crippen LogP contribution in [0, 0.1) is 0 Å². The molecular weight excluding hydrogens is 308 g/mol. The molecule has 7 nitrogen and oxygen atoms in total. The molecule has 2 aromatic heterocycles. The van der Waals surface area contributed by atoms with E-state index < -0.39 is 0 Å². The summed E-state index contributed by atoms with van der Waals surface area (Å²) in [6.07, 6.45) is 1.78. The topological polar surface area (TPSA) is 95.7 Å². The maximum absolute atomic E-state index is 5.49. The number of hydrogen-bond donors (Lipinski definition) is 1. The van der Waals surface area contributed by atoms with Crippen LogP contribution in [0.2, 0.25) is 0 Å². The summed E-state index contributed by atoms with van der Waals surface area (Å²) in [6, 6.07) is 0. The molecule has 2 N–H and O–H groups in total. The van der Waals surface area contributed by atoms with Crippen molar-refractivity contribution in [1.82, 2.24) is 25.1 Å². The van der Waals surface area contributed by atoms with Gasteiger partial charge in [-0.15, -0.1) is 16.9 Å². The van der Waals surface area contributed by atoms with Crippen molar-refractivity contribution in [2.24, 2.45) is 5.73 Å². The van der Waals surface area contributed by atoms with Crippen LogP contribution in [0.25, 0.3) is 11.6 Å². The van der Waals surface area contributed by atoms with Crippen LogP contribution in [-0.2, 0) is 6.54 Å². The molecule has 3 rings (SSSR count). The van der Waals surface area contributed by atoms with Crippen LogP contribution >= 0.6 is 23.5 Å². The Balaban J connectivity index is 1.73. The molecule has 0 saturated carbocycles. The standard InChI is InChI=1S/C12H18N6OS2/c1-7-8(2)21-10(6-20-7)11-14-12(19-16-11)9-5-18(4-3-13)17-15-9/h5,7-8,10H,3-4,6,13H2,1-2H3. The van der Waals surface area contributed by atoms with Gasteiger partial charge in [0, 0.05) is 22.8 Å². The molecule has 0 bridgehead atoms. The molecule has 3 heterocycles. The van der Waals surface area contributed by atoms with Crippen LogP contribution in [0.5, 0.6) is 0 Å². The third-order valence-corrected chi connectivity index (χ3v) is 6.78. The summed E-state index contributed by atoms with van der Waals surface area (Å²) in [5.41, 5.74) is 6.08. The van der Waals surface area contributed by atoms with Gasteiger partial charge < -0.3 is 10.3 Å². The quantitative estimate of drug-likeness (QED) is 0.905. The Morgan fingerprint density at radius 1 is 1.43 bits per heavy atom. The van der Waals surface area contributed by atoms with Gasteiger partial charge in [-0.05, 0) is 0 Å². The number of thioether (sulfide) groups is 2. The maximum Gasteiger partial charge on any atom is 0.280 e. The van der Waals surface area contributed by atoms with Crippen molar-refractivity contribution in [3.8, 4) is 11.6 Å². The van der Waals surface area contributed by atoms with Gasteiger partial charge in [0.05, 0.1) is 18.0 Å². The molecule has 0 spiro atoms. The first-order chi connectivity index (χ1) is 10.2. The Morgan fingerprint density at radius 2 is 2.29 bits per heavy atom. The van der Waals surface area contributed by atoms with Crippen molar-refractivity contribution >= 4 is 23.5 Å². The Kier molecular flexibility index (Phi) is 4.51. The third kappa shape index (κ3) is 3.24. The van der Waals surface area contributed by atoms with Gasteiger partial charge in [0.1, 0.15) is 0 Å². The normalized spacial score (nSPS) is 26.1. The van der Waals surface area contributed by atoms with Gasteiger partial charge >= 0.3 is 0 Å². The van der Waals surface area contributed by atoms with E-state index in [1.807, 2.05) is 23.5 Å². The lowest BCUT2D eigenvalue weighted by molar-refractivity contribution is 0.421. The van der Waals surface area contributed by atoms with E-state index in [2.05, 4.69) is 34.3 Å². The molecule has 1 aliphatic rings. The highest BCUT2D eigenvalue weighted by Crippen LogP contribution is 2.43. The molecule has 1 fully saturated rings. The summed E-state index contributed by atoms with van der Waals surface area (Å²) in [7, 11) is 0. The van der Waals surface area contributed by atoms with Gasteiger partial charge in [-0.25, -0.2) is 0 Å². The van der Waals surface area contributed by atoms with Gasteiger partial charge in [0.2, 0.25) is 0 Å². The molecule has 9 heteroatoms. The van der Waals surface area contributed by atoms with Crippen molar-refractivity contribution in [2.75, 3.05) is 12.3 Å². The largest absolute Gasteiger partial charge is 0.332 e. The van der Waals surface area contributed by atoms with Gasteiger partial charge in [-0.2, -0.15) is 16.7 Å². The van der Waals surface area contributed by atoms with E-state index in [1.54, 1.807) is 10.9 Å². The molecule has 3 atom stereocenters. The molecule has 2 aromatic rings. The minimum atomic E-state index is 0.276. The number of aromatic nitrogens is 5. The molecule has 1 aliphatic heterocycles. The Morgan fingerprint density at radius 3 is 3.05 bits per heavy atom. The predicted octanol–water partition coefficient (Wildman–Crippen LogP) is 1.58. The smallest absolute Gasteiger partial charge is 0.280 e. The van der Waals surface area contributed by atoms with Crippen molar-refractivity contribution in [3.63, 3.8) is 0 Å². The highest BCUT2D eigenvalue weighted by atomic mass is 32.2. The Bertz CT molecular complexity index is 600. The number of rotatable bonds is 4. The van der Waals surface area contributed by atoms with Crippen LogP contribution < -0.4 is 5.73 Å². The van der Waals surface area contributed by atoms with Crippen molar-refractivity contribution in [3.05, 3.63) is 12.0 Å². The second kappa shape index (κ2) is 6.37. The van der Waals surface area contributed by atoms with E-state index in [4.69, 9.17) is 10.3 Å². The van der Waals surface area contributed by atoms with Crippen LogP contribution in [0.3, 0.4) is 0 Å². The highest BCUT2D eigenvalue weighted by Gasteiger charge is 2.30. The van der Waals surface area contributed by atoms with E-state index in [1.165, 1.54) is 0 Å². The predicted molar refractivity (Wildman–Crippen MR) is 84.1 cm³/mol. The zero-order chi connectivity index (χ0) is 14.8. The fourth-order valence-electron chi connectivity index (χ4n) is 2.03. The first kappa shape index (κ1) is 14.9. The Hall–Kier alpha value is -1.06. The lowest BCUT2D eigenvalue weighted by Gasteiger charge is -2.29.